The summed E-state index contributed by atoms with van der Waals surface area (Å²) in [4.78, 5) is 25.6. The molecule has 0 aromatic heterocycles. The third kappa shape index (κ3) is 4.34. The summed E-state index contributed by atoms with van der Waals surface area (Å²) in [6, 6.07) is 11.0. The van der Waals surface area contributed by atoms with Crippen molar-refractivity contribution in [3.8, 4) is 0 Å². The molecule has 0 atom stereocenters. The van der Waals surface area contributed by atoms with Crippen molar-refractivity contribution >= 4 is 48.9 Å². The third-order valence-corrected chi connectivity index (χ3v) is 8.95. The van der Waals surface area contributed by atoms with Gasteiger partial charge in [-0.2, -0.15) is 0 Å². The number of fused-ring (bicyclic) bond motifs is 1. The van der Waals surface area contributed by atoms with Gasteiger partial charge in [-0.1, -0.05) is 12.1 Å². The molecule has 1 saturated heterocycles. The maximum Gasteiger partial charge on any atom is 0.255 e. The van der Waals surface area contributed by atoms with E-state index in [9.17, 15) is 26.4 Å². The maximum absolute atomic E-state index is 12.9. The zero-order chi connectivity index (χ0) is 24.2. The largest absolute Gasteiger partial charge is 0.322 e. The number of rotatable bonds is 4. The molecule has 9 nitrogen and oxygen atoms in total. The first kappa shape index (κ1) is 23.2. The second-order valence-corrected chi connectivity index (χ2v) is 12.7. The lowest BCUT2D eigenvalue weighted by Crippen LogP contribution is -2.34. The van der Waals surface area contributed by atoms with Crippen LogP contribution in [0.15, 0.2) is 42.5 Å². The number of nitrogens with zero attached hydrogens (tertiary/aromatic N) is 2. The van der Waals surface area contributed by atoms with E-state index in [1.165, 1.54) is 28.6 Å². The molecule has 2 aliphatic heterocycles. The van der Waals surface area contributed by atoms with E-state index >= 15 is 0 Å². The van der Waals surface area contributed by atoms with Gasteiger partial charge in [0.15, 0.2) is 0 Å². The van der Waals surface area contributed by atoms with Crippen molar-refractivity contribution < 1.29 is 26.4 Å². The molecule has 0 unspecified atom stereocenters. The highest BCUT2D eigenvalue weighted by molar-refractivity contribution is 7.94. The summed E-state index contributed by atoms with van der Waals surface area (Å²) in [6.45, 7) is 3.51. The zero-order valence-electron chi connectivity index (χ0n) is 18.5. The average molecular weight is 492 g/mol. The second kappa shape index (κ2) is 7.84. The Balaban J connectivity index is 1.62. The standard InChI is InChI=1S/C22H25N3O6S2/c1-22(2)14-33(30,31)25(21(22)27)18-8-4-6-16(12-18)20(26)23-17-10-9-15-7-5-11-24(19(15)13-17)32(3,28)29/h4,6,8-10,12-13H,5,7,11,14H2,1-3H3,(H,23,26). The Morgan fingerprint density at radius 2 is 1.85 bits per heavy atom. The summed E-state index contributed by atoms with van der Waals surface area (Å²) in [5, 5.41) is 2.73. The molecule has 176 valence electrons. The van der Waals surface area contributed by atoms with Gasteiger partial charge in [0.2, 0.25) is 26.0 Å². The van der Waals surface area contributed by atoms with Gasteiger partial charge in [-0.25, -0.2) is 21.1 Å². The predicted molar refractivity (Wildman–Crippen MR) is 126 cm³/mol. The monoisotopic (exact) mass is 491 g/mol. The van der Waals surface area contributed by atoms with E-state index < -0.39 is 37.3 Å². The van der Waals surface area contributed by atoms with Crippen LogP contribution in [0.2, 0.25) is 0 Å². The summed E-state index contributed by atoms with van der Waals surface area (Å²) >= 11 is 0. The van der Waals surface area contributed by atoms with Crippen molar-refractivity contribution in [2.45, 2.75) is 26.7 Å². The molecule has 1 fully saturated rings. The summed E-state index contributed by atoms with van der Waals surface area (Å²) in [5.41, 5.74) is 1.04. The molecule has 2 heterocycles. The minimum atomic E-state index is -3.84. The van der Waals surface area contributed by atoms with Crippen LogP contribution in [0.4, 0.5) is 17.1 Å². The van der Waals surface area contributed by atoms with E-state index in [0.717, 1.165) is 22.5 Å². The summed E-state index contributed by atoms with van der Waals surface area (Å²) in [5.74, 6) is -1.36. The van der Waals surface area contributed by atoms with Crippen molar-refractivity contribution in [3.63, 3.8) is 0 Å². The first-order valence-electron chi connectivity index (χ1n) is 10.4. The van der Waals surface area contributed by atoms with Gasteiger partial charge in [0.1, 0.15) is 0 Å². The molecular weight excluding hydrogens is 466 g/mol. The highest BCUT2D eigenvalue weighted by Crippen LogP contribution is 2.36. The first-order chi connectivity index (χ1) is 15.3. The molecule has 2 amide bonds. The molecule has 4 rings (SSSR count). The molecule has 11 heteroatoms. The Bertz CT molecular complexity index is 1370. The number of hydrogen-bond donors (Lipinski definition) is 1. The van der Waals surface area contributed by atoms with Gasteiger partial charge in [-0.3, -0.25) is 13.9 Å². The number of nitrogens with one attached hydrogen (secondary N) is 1. The fraction of sp³-hybridized carbons (Fsp3) is 0.364. The van der Waals surface area contributed by atoms with Gasteiger partial charge in [0, 0.05) is 17.8 Å². The second-order valence-electron chi connectivity index (χ2n) is 9.00. The van der Waals surface area contributed by atoms with Gasteiger partial charge in [-0.15, -0.1) is 0 Å². The van der Waals surface area contributed by atoms with Crippen LogP contribution in [-0.2, 0) is 31.3 Å². The minimum absolute atomic E-state index is 0.104. The highest BCUT2D eigenvalue weighted by Gasteiger charge is 2.50. The number of carbonyl (C=O) groups excluding carboxylic acids is 2. The summed E-state index contributed by atoms with van der Waals surface area (Å²) in [6.07, 6.45) is 2.60. The van der Waals surface area contributed by atoms with E-state index in [0.29, 0.717) is 24.3 Å². The summed E-state index contributed by atoms with van der Waals surface area (Å²) < 4.78 is 51.5. The molecule has 2 aliphatic rings. The molecule has 1 N–H and O–H groups in total. The molecule has 33 heavy (non-hydrogen) atoms. The Morgan fingerprint density at radius 3 is 2.48 bits per heavy atom. The normalized spacial score (nSPS) is 19.3. The van der Waals surface area contributed by atoms with Gasteiger partial charge >= 0.3 is 0 Å². The van der Waals surface area contributed by atoms with E-state index in [-0.39, 0.29) is 17.0 Å². The maximum atomic E-state index is 12.9. The highest BCUT2D eigenvalue weighted by atomic mass is 32.2. The molecule has 0 saturated carbocycles. The topological polar surface area (TPSA) is 121 Å². The van der Waals surface area contributed by atoms with Gasteiger partial charge < -0.3 is 5.32 Å². The van der Waals surface area contributed by atoms with E-state index in [2.05, 4.69) is 5.32 Å². The Hall–Kier alpha value is -2.92. The number of benzene rings is 2. The number of sulfonamides is 2. The van der Waals surface area contributed by atoms with Gasteiger partial charge in [-0.05, 0) is 62.6 Å². The third-order valence-electron chi connectivity index (χ3n) is 5.75. The zero-order valence-corrected chi connectivity index (χ0v) is 20.2. The Morgan fingerprint density at radius 1 is 1.12 bits per heavy atom. The molecular formula is C22H25N3O6S2. The summed E-state index contributed by atoms with van der Waals surface area (Å²) in [7, 11) is -7.29. The number of amides is 2. The fourth-order valence-corrected chi connectivity index (χ4v) is 7.29. The van der Waals surface area contributed by atoms with Crippen molar-refractivity contribution in [3.05, 3.63) is 53.6 Å². The van der Waals surface area contributed by atoms with Crippen molar-refractivity contribution in [2.75, 3.05) is 32.5 Å². The SMILES string of the molecule is CC1(C)CS(=O)(=O)N(c2cccc(C(=O)Nc3ccc4c(c3)N(S(C)(=O)=O)CCC4)c2)C1=O. The van der Waals surface area contributed by atoms with Crippen LogP contribution < -0.4 is 13.9 Å². The predicted octanol–water partition coefficient (Wildman–Crippen LogP) is 2.35. The quantitative estimate of drug-likeness (QED) is 0.701. The Labute approximate surface area is 193 Å². The minimum Gasteiger partial charge on any atom is -0.322 e. The van der Waals surface area contributed by atoms with E-state index in [1.807, 2.05) is 0 Å². The Kier molecular flexibility index (Phi) is 5.52. The van der Waals surface area contributed by atoms with Gasteiger partial charge in [0.05, 0.1) is 28.8 Å². The van der Waals surface area contributed by atoms with Crippen LogP contribution in [0.25, 0.3) is 0 Å². The van der Waals surface area contributed by atoms with Crippen LogP contribution in [0, 0.1) is 5.41 Å². The molecule has 0 radical (unpaired) electrons. The van der Waals surface area contributed by atoms with E-state index in [1.54, 1.807) is 32.0 Å². The molecule has 0 spiro atoms. The van der Waals surface area contributed by atoms with Crippen LogP contribution in [0.5, 0.6) is 0 Å². The van der Waals surface area contributed by atoms with Crippen molar-refractivity contribution in [1.29, 1.82) is 0 Å². The fourth-order valence-electron chi connectivity index (χ4n) is 4.20. The molecule has 2 aromatic rings. The lowest BCUT2D eigenvalue weighted by atomic mass is 9.95. The van der Waals surface area contributed by atoms with Crippen LogP contribution in [0.1, 0.15) is 36.2 Å². The number of anilines is 3. The lowest BCUT2D eigenvalue weighted by molar-refractivity contribution is -0.123. The number of aryl methyl sites for hydroxylation is 1. The van der Waals surface area contributed by atoms with Crippen molar-refractivity contribution in [1.82, 2.24) is 0 Å². The average Bonchev–Trinajstić information content (AvgIpc) is 2.88. The molecule has 0 bridgehead atoms. The smallest absolute Gasteiger partial charge is 0.255 e. The van der Waals surface area contributed by atoms with Crippen LogP contribution in [0.3, 0.4) is 0 Å². The number of hydrogen-bond acceptors (Lipinski definition) is 6. The first-order valence-corrected chi connectivity index (χ1v) is 13.8. The van der Waals surface area contributed by atoms with Gasteiger partial charge in [0.25, 0.3) is 5.91 Å². The number of carbonyl (C=O) groups is 2. The van der Waals surface area contributed by atoms with Crippen LogP contribution in [-0.4, -0.2) is 47.2 Å². The lowest BCUT2D eigenvalue weighted by Gasteiger charge is -2.29. The van der Waals surface area contributed by atoms with Crippen LogP contribution >= 0.6 is 0 Å². The van der Waals surface area contributed by atoms with Crippen molar-refractivity contribution in [2.24, 2.45) is 5.41 Å². The molecule has 2 aromatic carbocycles. The van der Waals surface area contributed by atoms with E-state index in [4.69, 9.17) is 0 Å². The molecule has 0 aliphatic carbocycles.